The number of carbonyl (C=O) groups is 3. The number of nitrogens with zero attached hydrogens (tertiary/aromatic N) is 1. The van der Waals surface area contributed by atoms with Gasteiger partial charge >= 0.3 is 0 Å². The molecule has 1 aromatic carbocycles. The van der Waals surface area contributed by atoms with E-state index in [1.807, 2.05) is 0 Å². The number of aliphatic hydroxyl groups excluding tert-OH is 1. The van der Waals surface area contributed by atoms with Crippen LogP contribution >= 0.6 is 23.5 Å². The zero-order chi connectivity index (χ0) is 18.0. The van der Waals surface area contributed by atoms with Crippen LogP contribution in [0, 0.1) is 5.82 Å². The van der Waals surface area contributed by atoms with Crippen molar-refractivity contribution in [1.82, 2.24) is 10.2 Å². The molecule has 2 N–H and O–H groups in total. The van der Waals surface area contributed by atoms with Crippen molar-refractivity contribution in [2.75, 3.05) is 18.1 Å². The summed E-state index contributed by atoms with van der Waals surface area (Å²) in [6, 6.07) is 5.52. The lowest BCUT2D eigenvalue weighted by molar-refractivity contribution is -0.129. The number of nitrogens with one attached hydrogen (secondary N) is 1. The molecule has 0 saturated carbocycles. The fourth-order valence-corrected chi connectivity index (χ4v) is 4.45. The largest absolute Gasteiger partial charge is 0.390 e. The Labute approximate surface area is 151 Å². The van der Waals surface area contributed by atoms with Crippen LogP contribution in [0.5, 0.6) is 0 Å². The minimum absolute atomic E-state index is 0.0688. The summed E-state index contributed by atoms with van der Waals surface area (Å²) in [6.07, 6.45) is 0.667. The Hall–Kier alpha value is -1.84. The zero-order valence-electron chi connectivity index (χ0n) is 13.0. The van der Waals surface area contributed by atoms with E-state index in [1.54, 1.807) is 6.07 Å². The summed E-state index contributed by atoms with van der Waals surface area (Å²) in [5, 5.41) is 11.7. The van der Waals surface area contributed by atoms with Crippen molar-refractivity contribution in [2.45, 2.75) is 12.1 Å². The van der Waals surface area contributed by atoms with Gasteiger partial charge in [-0.25, -0.2) is 4.39 Å². The van der Waals surface area contributed by atoms with Gasteiger partial charge < -0.3 is 10.4 Å². The summed E-state index contributed by atoms with van der Waals surface area (Å²) in [5.74, 6) is -0.518. The van der Waals surface area contributed by atoms with Gasteiger partial charge in [-0.3, -0.25) is 19.3 Å². The van der Waals surface area contributed by atoms with E-state index in [2.05, 4.69) is 5.32 Å². The van der Waals surface area contributed by atoms with Gasteiger partial charge in [-0.2, -0.15) is 11.8 Å². The molecule has 1 aromatic rings. The average molecular weight is 382 g/mol. The highest BCUT2D eigenvalue weighted by Gasteiger charge is 2.37. The number of hydrogen-bond acceptors (Lipinski definition) is 6. The molecule has 2 saturated heterocycles. The highest BCUT2D eigenvalue weighted by molar-refractivity contribution is 8.18. The van der Waals surface area contributed by atoms with Gasteiger partial charge in [-0.1, -0.05) is 18.2 Å². The first kappa shape index (κ1) is 18.0. The lowest BCUT2D eigenvalue weighted by atomic mass is 10.2. The smallest absolute Gasteiger partial charge is 0.294 e. The Morgan fingerprint density at radius 3 is 2.80 bits per heavy atom. The first-order valence-electron chi connectivity index (χ1n) is 7.51. The van der Waals surface area contributed by atoms with Crippen molar-refractivity contribution >= 4 is 46.7 Å². The van der Waals surface area contributed by atoms with Crippen LogP contribution in [0.4, 0.5) is 9.18 Å². The molecule has 132 valence electrons. The molecule has 2 unspecified atom stereocenters. The molecule has 2 aliphatic heterocycles. The van der Waals surface area contributed by atoms with Crippen molar-refractivity contribution in [3.05, 3.63) is 40.6 Å². The highest BCUT2D eigenvalue weighted by atomic mass is 32.2. The monoisotopic (exact) mass is 382 g/mol. The topological polar surface area (TPSA) is 86.7 Å². The minimum atomic E-state index is -0.634. The number of rotatable bonds is 4. The molecule has 0 spiro atoms. The molecule has 2 fully saturated rings. The Morgan fingerprint density at radius 2 is 2.12 bits per heavy atom. The molecule has 3 rings (SSSR count). The zero-order valence-corrected chi connectivity index (χ0v) is 14.6. The van der Waals surface area contributed by atoms with Crippen LogP contribution in [0.25, 0.3) is 6.08 Å². The summed E-state index contributed by atoms with van der Waals surface area (Å²) >= 11 is 2.19. The average Bonchev–Trinajstić information content (AvgIpc) is 3.08. The van der Waals surface area contributed by atoms with Gasteiger partial charge in [0.15, 0.2) is 0 Å². The van der Waals surface area contributed by atoms with Gasteiger partial charge in [0.05, 0.1) is 17.1 Å². The molecule has 2 atom stereocenters. The van der Waals surface area contributed by atoms with Crippen molar-refractivity contribution in [2.24, 2.45) is 0 Å². The van der Waals surface area contributed by atoms with Crippen LogP contribution in [0.1, 0.15) is 5.56 Å². The summed E-state index contributed by atoms with van der Waals surface area (Å²) < 4.78 is 13.7. The van der Waals surface area contributed by atoms with Gasteiger partial charge in [-0.15, -0.1) is 0 Å². The third-order valence-corrected chi connectivity index (χ3v) is 5.84. The standard InChI is InChI=1S/C16H15FN2O4S2/c17-10-4-2-1-3-9(10)5-13-15(22)19(16(23)25-13)6-14(21)18-11-7-24-8-12(11)20/h1-5,11-12,20H,6-8H2,(H,18,21). The summed E-state index contributed by atoms with van der Waals surface area (Å²) in [6.45, 7) is -0.423. The fraction of sp³-hybridized carbons (Fsp3) is 0.312. The molecule has 9 heteroatoms. The van der Waals surface area contributed by atoms with Crippen LogP contribution in [0.15, 0.2) is 29.2 Å². The van der Waals surface area contributed by atoms with Gasteiger partial charge in [-0.05, 0) is 23.9 Å². The quantitative estimate of drug-likeness (QED) is 0.767. The van der Waals surface area contributed by atoms with Crippen LogP contribution in [-0.2, 0) is 9.59 Å². The lowest BCUT2D eigenvalue weighted by Gasteiger charge is -2.18. The van der Waals surface area contributed by atoms with Gasteiger partial charge in [0, 0.05) is 17.1 Å². The number of benzene rings is 1. The second-order valence-corrected chi connectivity index (χ2v) is 7.64. The van der Waals surface area contributed by atoms with E-state index < -0.39 is 35.5 Å². The van der Waals surface area contributed by atoms with E-state index in [4.69, 9.17) is 0 Å². The van der Waals surface area contributed by atoms with Crippen molar-refractivity contribution in [1.29, 1.82) is 0 Å². The Kier molecular flexibility index (Phi) is 5.45. The third-order valence-electron chi connectivity index (χ3n) is 3.76. The van der Waals surface area contributed by atoms with E-state index in [0.717, 1.165) is 4.90 Å². The second-order valence-electron chi connectivity index (χ2n) is 5.57. The number of aliphatic hydroxyl groups is 1. The number of thioether (sulfide) groups is 2. The number of imide groups is 1. The van der Waals surface area contributed by atoms with Crippen molar-refractivity contribution in [3.63, 3.8) is 0 Å². The normalized spacial score (nSPS) is 25.0. The number of carbonyl (C=O) groups excluding carboxylic acids is 3. The lowest BCUT2D eigenvalue weighted by Crippen LogP contribution is -2.47. The number of hydrogen-bond donors (Lipinski definition) is 2. The van der Waals surface area contributed by atoms with Crippen LogP contribution in [0.2, 0.25) is 0 Å². The van der Waals surface area contributed by atoms with E-state index in [1.165, 1.54) is 36.0 Å². The molecule has 3 amide bonds. The van der Waals surface area contributed by atoms with Gasteiger partial charge in [0.2, 0.25) is 5.91 Å². The van der Waals surface area contributed by atoms with Crippen LogP contribution in [-0.4, -0.2) is 57.3 Å². The Balaban J connectivity index is 1.67. The maximum absolute atomic E-state index is 13.7. The predicted octanol–water partition coefficient (Wildman–Crippen LogP) is 1.45. The van der Waals surface area contributed by atoms with Gasteiger partial charge in [0.1, 0.15) is 12.4 Å². The molecular weight excluding hydrogens is 367 g/mol. The highest BCUT2D eigenvalue weighted by Crippen LogP contribution is 2.32. The Morgan fingerprint density at radius 1 is 1.36 bits per heavy atom. The molecule has 2 heterocycles. The maximum Gasteiger partial charge on any atom is 0.294 e. The summed E-state index contributed by atoms with van der Waals surface area (Å²) in [7, 11) is 0. The summed E-state index contributed by atoms with van der Waals surface area (Å²) in [5.41, 5.74) is 0.198. The maximum atomic E-state index is 13.7. The molecule has 0 radical (unpaired) electrons. The number of amides is 3. The van der Waals surface area contributed by atoms with Crippen molar-refractivity contribution < 1.29 is 23.9 Å². The SMILES string of the molecule is O=C(CN1C(=O)SC(=Cc2ccccc2F)C1=O)NC1CSCC1O. The van der Waals surface area contributed by atoms with E-state index in [-0.39, 0.29) is 16.5 Å². The predicted molar refractivity (Wildman–Crippen MR) is 94.3 cm³/mol. The molecular formula is C16H15FN2O4S2. The number of halogens is 1. The minimum Gasteiger partial charge on any atom is -0.390 e. The molecule has 0 aromatic heterocycles. The Bertz CT molecular complexity index is 755. The second kappa shape index (κ2) is 7.59. The third kappa shape index (κ3) is 4.05. The van der Waals surface area contributed by atoms with Crippen molar-refractivity contribution in [3.8, 4) is 0 Å². The fourth-order valence-electron chi connectivity index (χ4n) is 2.45. The molecule has 25 heavy (non-hydrogen) atoms. The first-order chi connectivity index (χ1) is 12.0. The summed E-state index contributed by atoms with van der Waals surface area (Å²) in [4.78, 5) is 37.3. The molecule has 2 aliphatic rings. The van der Waals surface area contributed by atoms with Crippen LogP contribution in [0.3, 0.4) is 0 Å². The van der Waals surface area contributed by atoms with Gasteiger partial charge in [0.25, 0.3) is 11.1 Å². The first-order valence-corrected chi connectivity index (χ1v) is 9.48. The van der Waals surface area contributed by atoms with E-state index in [0.29, 0.717) is 23.3 Å². The molecule has 0 aliphatic carbocycles. The molecule has 6 nitrogen and oxygen atoms in total. The van der Waals surface area contributed by atoms with E-state index in [9.17, 15) is 23.9 Å². The van der Waals surface area contributed by atoms with E-state index >= 15 is 0 Å². The molecule has 0 bridgehead atoms. The van der Waals surface area contributed by atoms with Crippen LogP contribution < -0.4 is 5.32 Å².